The second kappa shape index (κ2) is 9.32. The fraction of sp³-hybridized carbons (Fsp3) is 0.214. The summed E-state index contributed by atoms with van der Waals surface area (Å²) in [6, 6.07) is 1.90. The van der Waals surface area contributed by atoms with Gasteiger partial charge in [0.15, 0.2) is 0 Å². The average Bonchev–Trinajstić information content (AvgIpc) is 2.48. The first-order valence-electron chi connectivity index (χ1n) is 6.03. The number of rotatable bonds is 8. The average molecular weight is 274 g/mol. The number of nitrogens with zero attached hydrogens (tertiary/aromatic N) is 2. The minimum absolute atomic E-state index is 0.299. The van der Waals surface area contributed by atoms with Crippen molar-refractivity contribution in [3.63, 3.8) is 0 Å². The Morgan fingerprint density at radius 1 is 1.45 bits per heavy atom. The van der Waals surface area contributed by atoms with Gasteiger partial charge in [0.25, 0.3) is 0 Å². The van der Waals surface area contributed by atoms with E-state index < -0.39 is 0 Å². The van der Waals surface area contributed by atoms with Gasteiger partial charge in [-0.25, -0.2) is 0 Å². The van der Waals surface area contributed by atoms with Gasteiger partial charge in [0.2, 0.25) is 0 Å². The zero-order valence-corrected chi connectivity index (χ0v) is 11.5. The van der Waals surface area contributed by atoms with E-state index in [2.05, 4.69) is 15.5 Å². The zero-order valence-electron chi connectivity index (χ0n) is 11.5. The molecule has 0 spiro atoms. The van der Waals surface area contributed by atoms with Crippen molar-refractivity contribution in [2.24, 2.45) is 5.16 Å². The molecule has 1 aromatic rings. The number of aromatic nitrogens is 1. The smallest absolute Gasteiger partial charge is 0.137 e. The topological polar surface area (TPSA) is 79.6 Å². The van der Waals surface area contributed by atoms with Crippen molar-refractivity contribution in [3.05, 3.63) is 48.6 Å². The van der Waals surface area contributed by atoms with E-state index in [-0.39, 0.29) is 0 Å². The minimum atomic E-state index is 0.299. The Balaban J connectivity index is 2.33. The molecule has 1 aromatic heterocycles. The van der Waals surface area contributed by atoms with Crippen LogP contribution in [0.15, 0.2) is 48.2 Å². The molecule has 106 valence electrons. The molecule has 0 bridgehead atoms. The van der Waals surface area contributed by atoms with Crippen LogP contribution >= 0.6 is 0 Å². The molecule has 0 aliphatic heterocycles. The molecule has 0 atom stereocenters. The minimum Gasteiger partial charge on any atom is -0.495 e. The highest BCUT2D eigenvalue weighted by Crippen LogP contribution is 2.09. The van der Waals surface area contributed by atoms with Gasteiger partial charge >= 0.3 is 0 Å². The monoisotopic (exact) mass is 274 g/mol. The summed E-state index contributed by atoms with van der Waals surface area (Å²) in [5.41, 5.74) is 1.30. The van der Waals surface area contributed by atoms with Crippen molar-refractivity contribution in [2.75, 3.05) is 7.11 Å². The molecule has 0 amide bonds. The molecule has 6 nitrogen and oxygen atoms in total. The fourth-order valence-corrected chi connectivity index (χ4v) is 1.25. The van der Waals surface area contributed by atoms with Gasteiger partial charge in [0, 0.05) is 25.0 Å². The maximum absolute atomic E-state index is 7.59. The Kier molecular flexibility index (Phi) is 7.19. The van der Waals surface area contributed by atoms with Gasteiger partial charge in [0.1, 0.15) is 12.0 Å². The first-order valence-corrected chi connectivity index (χ1v) is 6.03. The Hall–Kier alpha value is -2.63. The molecule has 20 heavy (non-hydrogen) atoms. The normalized spacial score (nSPS) is 11.3. The van der Waals surface area contributed by atoms with E-state index >= 15 is 0 Å². The predicted molar refractivity (Wildman–Crippen MR) is 78.9 cm³/mol. The van der Waals surface area contributed by atoms with Crippen LogP contribution < -0.4 is 10.1 Å². The highest BCUT2D eigenvalue weighted by molar-refractivity contribution is 6.01. The molecule has 1 rings (SSSR count). The Bertz CT molecular complexity index is 510. The lowest BCUT2D eigenvalue weighted by atomic mass is 10.3. The number of ether oxygens (including phenoxy) is 1. The molecule has 0 saturated heterocycles. The molecule has 0 aromatic carbocycles. The number of allylic oxidation sites excluding steroid dienone is 2. The molecule has 0 fully saturated rings. The van der Waals surface area contributed by atoms with E-state index in [0.29, 0.717) is 12.3 Å². The van der Waals surface area contributed by atoms with Crippen LogP contribution in [-0.4, -0.2) is 24.0 Å². The third kappa shape index (κ3) is 6.34. The highest BCUT2D eigenvalue weighted by Gasteiger charge is 1.94. The Morgan fingerprint density at radius 2 is 2.30 bits per heavy atom. The van der Waals surface area contributed by atoms with Crippen LogP contribution in [0.3, 0.4) is 0 Å². The van der Waals surface area contributed by atoms with Crippen LogP contribution in [0.25, 0.3) is 0 Å². The standard InChI is InChI=1S/C14H18N4O2/c1-3-18-20-7-5-13(15)4-6-16-9-12-8-14(19-2)11-17-10-12/h3-8,10-11,15-16H,9H2,1-2H3/b6-4+,7-5+,15-13?,18-3+. The first-order chi connectivity index (χ1) is 9.76. The van der Waals surface area contributed by atoms with Crippen LogP contribution in [0, 0.1) is 5.41 Å². The lowest BCUT2D eigenvalue weighted by Gasteiger charge is -2.03. The Morgan fingerprint density at radius 3 is 3.05 bits per heavy atom. The molecule has 0 unspecified atom stereocenters. The van der Waals surface area contributed by atoms with Crippen LogP contribution in [-0.2, 0) is 11.4 Å². The summed E-state index contributed by atoms with van der Waals surface area (Å²) in [6.45, 7) is 2.35. The summed E-state index contributed by atoms with van der Waals surface area (Å²) in [7, 11) is 1.60. The molecule has 0 radical (unpaired) electrons. The summed E-state index contributed by atoms with van der Waals surface area (Å²) < 4.78 is 5.09. The van der Waals surface area contributed by atoms with E-state index in [1.807, 2.05) is 6.07 Å². The van der Waals surface area contributed by atoms with Gasteiger partial charge < -0.3 is 20.3 Å². The number of hydrogen-bond acceptors (Lipinski definition) is 6. The van der Waals surface area contributed by atoms with Crippen molar-refractivity contribution in [1.29, 1.82) is 5.41 Å². The number of methoxy groups -OCH3 is 1. The molecule has 0 saturated carbocycles. The molecular weight excluding hydrogens is 256 g/mol. The van der Waals surface area contributed by atoms with E-state index in [0.717, 1.165) is 11.3 Å². The largest absolute Gasteiger partial charge is 0.495 e. The summed E-state index contributed by atoms with van der Waals surface area (Å²) >= 11 is 0. The third-order valence-corrected chi connectivity index (χ3v) is 2.17. The highest BCUT2D eigenvalue weighted by atomic mass is 16.6. The molecule has 2 N–H and O–H groups in total. The predicted octanol–water partition coefficient (Wildman–Crippen LogP) is 2.25. The van der Waals surface area contributed by atoms with Crippen molar-refractivity contribution in [1.82, 2.24) is 10.3 Å². The van der Waals surface area contributed by atoms with E-state index in [9.17, 15) is 0 Å². The van der Waals surface area contributed by atoms with Crippen molar-refractivity contribution in [2.45, 2.75) is 13.5 Å². The SMILES string of the molecule is C/C=N/O/C=C/C(=N)/C=C/NCc1cncc(OC)c1. The quantitative estimate of drug-likeness (QED) is 0.433. The van der Waals surface area contributed by atoms with Gasteiger partial charge in [-0.05, 0) is 30.8 Å². The number of nitrogens with one attached hydrogen (secondary N) is 2. The van der Waals surface area contributed by atoms with Crippen LogP contribution in [0.2, 0.25) is 0 Å². The number of pyridine rings is 1. The van der Waals surface area contributed by atoms with E-state index in [1.165, 1.54) is 18.6 Å². The molecule has 1 heterocycles. The summed E-state index contributed by atoms with van der Waals surface area (Å²) in [4.78, 5) is 8.78. The summed E-state index contributed by atoms with van der Waals surface area (Å²) in [5, 5.41) is 14.2. The second-order valence-corrected chi connectivity index (χ2v) is 3.67. The lowest BCUT2D eigenvalue weighted by molar-refractivity contribution is 0.270. The molecular formula is C14H18N4O2. The third-order valence-electron chi connectivity index (χ3n) is 2.17. The van der Waals surface area contributed by atoms with Gasteiger partial charge in [-0.3, -0.25) is 4.98 Å². The maximum Gasteiger partial charge on any atom is 0.137 e. The summed E-state index contributed by atoms with van der Waals surface area (Å²) in [6.07, 6.45) is 11.1. The Labute approximate surface area is 118 Å². The zero-order chi connectivity index (χ0) is 14.6. The summed E-state index contributed by atoms with van der Waals surface area (Å²) in [5.74, 6) is 0.720. The van der Waals surface area contributed by atoms with Crippen LogP contribution in [0.5, 0.6) is 5.75 Å². The van der Waals surface area contributed by atoms with Crippen molar-refractivity contribution < 1.29 is 9.57 Å². The molecule has 6 heteroatoms. The molecule has 0 aliphatic carbocycles. The second-order valence-electron chi connectivity index (χ2n) is 3.67. The van der Waals surface area contributed by atoms with Gasteiger partial charge in [0.05, 0.1) is 19.0 Å². The first kappa shape index (κ1) is 15.4. The lowest BCUT2D eigenvalue weighted by Crippen LogP contribution is -2.05. The molecule has 0 aliphatic rings. The number of hydrogen-bond donors (Lipinski definition) is 2. The van der Waals surface area contributed by atoms with E-state index in [1.54, 1.807) is 38.7 Å². The van der Waals surface area contributed by atoms with Gasteiger partial charge in [-0.1, -0.05) is 5.16 Å². The van der Waals surface area contributed by atoms with Gasteiger partial charge in [-0.2, -0.15) is 0 Å². The van der Waals surface area contributed by atoms with Crippen LogP contribution in [0.4, 0.5) is 0 Å². The number of oxime groups is 1. The van der Waals surface area contributed by atoms with Crippen LogP contribution in [0.1, 0.15) is 12.5 Å². The van der Waals surface area contributed by atoms with Crippen molar-refractivity contribution >= 4 is 11.9 Å². The maximum atomic E-state index is 7.59. The van der Waals surface area contributed by atoms with E-state index in [4.69, 9.17) is 15.0 Å². The van der Waals surface area contributed by atoms with Gasteiger partial charge in [-0.15, -0.1) is 0 Å². The fourth-order valence-electron chi connectivity index (χ4n) is 1.25. The van der Waals surface area contributed by atoms with Crippen molar-refractivity contribution in [3.8, 4) is 5.75 Å².